The molecular formula is C18H33IN4S. The Kier molecular flexibility index (Phi) is 10.7. The molecule has 0 aliphatic carbocycles. The van der Waals surface area contributed by atoms with Gasteiger partial charge in [-0.05, 0) is 56.0 Å². The number of thiophene rings is 1. The van der Waals surface area contributed by atoms with Gasteiger partial charge < -0.3 is 15.5 Å². The van der Waals surface area contributed by atoms with Crippen LogP contribution < -0.4 is 15.5 Å². The molecule has 0 atom stereocenters. The maximum Gasteiger partial charge on any atom is 0.191 e. The van der Waals surface area contributed by atoms with Crippen molar-refractivity contribution in [3.05, 3.63) is 17.5 Å². The van der Waals surface area contributed by atoms with Gasteiger partial charge in [0.2, 0.25) is 0 Å². The van der Waals surface area contributed by atoms with Crippen molar-refractivity contribution in [2.24, 2.45) is 10.9 Å². The van der Waals surface area contributed by atoms with Gasteiger partial charge in [0.15, 0.2) is 5.96 Å². The quantitative estimate of drug-likeness (QED) is 0.273. The first-order valence-electron chi connectivity index (χ1n) is 9.02. The van der Waals surface area contributed by atoms with Gasteiger partial charge in [0.1, 0.15) is 0 Å². The zero-order chi connectivity index (χ0) is 16.5. The molecule has 1 aromatic heterocycles. The molecule has 4 nitrogen and oxygen atoms in total. The van der Waals surface area contributed by atoms with Crippen LogP contribution >= 0.6 is 35.3 Å². The Morgan fingerprint density at radius 1 is 1.38 bits per heavy atom. The van der Waals surface area contributed by atoms with Crippen molar-refractivity contribution in [2.45, 2.75) is 52.5 Å². The predicted octanol–water partition coefficient (Wildman–Crippen LogP) is 4.33. The zero-order valence-electron chi connectivity index (χ0n) is 15.3. The molecule has 1 saturated heterocycles. The smallest absolute Gasteiger partial charge is 0.191 e. The van der Waals surface area contributed by atoms with E-state index in [-0.39, 0.29) is 24.0 Å². The number of hydrogen-bond donors (Lipinski definition) is 2. The monoisotopic (exact) mass is 464 g/mol. The van der Waals surface area contributed by atoms with Gasteiger partial charge >= 0.3 is 0 Å². The second kappa shape index (κ2) is 12.0. The SMILES string of the molecule is CCNC(=NCCCC(C)C)NC1CCN(c2cccs2)CC1.I. The Morgan fingerprint density at radius 3 is 2.71 bits per heavy atom. The van der Waals surface area contributed by atoms with E-state index in [1.54, 1.807) is 0 Å². The molecule has 0 radical (unpaired) electrons. The van der Waals surface area contributed by atoms with E-state index >= 15 is 0 Å². The molecule has 1 fully saturated rings. The molecule has 24 heavy (non-hydrogen) atoms. The van der Waals surface area contributed by atoms with Gasteiger partial charge in [-0.25, -0.2) is 0 Å². The molecular weight excluding hydrogens is 431 g/mol. The maximum atomic E-state index is 4.73. The third kappa shape index (κ3) is 7.59. The zero-order valence-corrected chi connectivity index (χ0v) is 18.4. The van der Waals surface area contributed by atoms with Crippen molar-refractivity contribution >= 4 is 46.3 Å². The van der Waals surface area contributed by atoms with Crippen LogP contribution in [0.3, 0.4) is 0 Å². The molecule has 1 aliphatic rings. The first kappa shape index (κ1) is 21.5. The van der Waals surface area contributed by atoms with Crippen LogP contribution in [0.5, 0.6) is 0 Å². The predicted molar refractivity (Wildman–Crippen MR) is 118 cm³/mol. The van der Waals surface area contributed by atoms with E-state index in [0.717, 1.165) is 38.1 Å². The summed E-state index contributed by atoms with van der Waals surface area (Å²) in [6, 6.07) is 4.89. The maximum absolute atomic E-state index is 4.73. The summed E-state index contributed by atoms with van der Waals surface area (Å²) < 4.78 is 0. The topological polar surface area (TPSA) is 39.7 Å². The number of nitrogens with one attached hydrogen (secondary N) is 2. The number of nitrogens with zero attached hydrogens (tertiary/aromatic N) is 2. The van der Waals surface area contributed by atoms with Gasteiger partial charge in [-0.2, -0.15) is 0 Å². The fourth-order valence-corrected chi connectivity index (χ4v) is 3.68. The minimum Gasteiger partial charge on any atom is -0.363 e. The van der Waals surface area contributed by atoms with Crippen LogP contribution in [0.15, 0.2) is 22.5 Å². The van der Waals surface area contributed by atoms with E-state index in [4.69, 9.17) is 4.99 Å². The lowest BCUT2D eigenvalue weighted by molar-refractivity contribution is 0.462. The minimum atomic E-state index is 0. The molecule has 0 amide bonds. The van der Waals surface area contributed by atoms with Gasteiger partial charge in [0.05, 0.1) is 5.00 Å². The van der Waals surface area contributed by atoms with Gasteiger partial charge in [-0.1, -0.05) is 13.8 Å². The molecule has 2 rings (SSSR count). The van der Waals surface area contributed by atoms with Crippen LogP contribution in [-0.2, 0) is 0 Å². The van der Waals surface area contributed by atoms with Gasteiger partial charge in [0, 0.05) is 32.2 Å². The summed E-state index contributed by atoms with van der Waals surface area (Å²) in [7, 11) is 0. The summed E-state index contributed by atoms with van der Waals surface area (Å²) in [4.78, 5) is 7.23. The van der Waals surface area contributed by atoms with Crippen molar-refractivity contribution in [1.29, 1.82) is 0 Å². The average Bonchev–Trinajstić information content (AvgIpc) is 3.06. The summed E-state index contributed by atoms with van der Waals surface area (Å²) in [5.74, 6) is 1.76. The molecule has 2 N–H and O–H groups in total. The van der Waals surface area contributed by atoms with Crippen molar-refractivity contribution in [3.8, 4) is 0 Å². The second-order valence-electron chi connectivity index (χ2n) is 6.65. The fourth-order valence-electron chi connectivity index (χ4n) is 2.90. The van der Waals surface area contributed by atoms with Crippen LogP contribution in [0.4, 0.5) is 5.00 Å². The Balaban J connectivity index is 0.00000288. The third-order valence-corrected chi connectivity index (χ3v) is 5.14. The molecule has 0 spiro atoms. The molecule has 138 valence electrons. The highest BCUT2D eigenvalue weighted by Gasteiger charge is 2.20. The summed E-state index contributed by atoms with van der Waals surface area (Å²) in [5.41, 5.74) is 0. The van der Waals surface area contributed by atoms with E-state index in [0.29, 0.717) is 6.04 Å². The van der Waals surface area contributed by atoms with Gasteiger partial charge in [-0.3, -0.25) is 4.99 Å². The minimum absolute atomic E-state index is 0. The number of anilines is 1. The van der Waals surface area contributed by atoms with E-state index in [1.807, 2.05) is 11.3 Å². The molecule has 0 aromatic carbocycles. The Hall–Kier alpha value is -0.500. The highest BCUT2D eigenvalue weighted by atomic mass is 127. The number of guanidine groups is 1. The Labute approximate surface area is 168 Å². The second-order valence-corrected chi connectivity index (χ2v) is 7.58. The molecule has 6 heteroatoms. The summed E-state index contributed by atoms with van der Waals surface area (Å²) in [6.07, 6.45) is 4.77. The lowest BCUT2D eigenvalue weighted by Crippen LogP contribution is -2.48. The largest absolute Gasteiger partial charge is 0.363 e. The highest BCUT2D eigenvalue weighted by molar-refractivity contribution is 14.0. The lowest BCUT2D eigenvalue weighted by atomic mass is 10.1. The normalized spacial score (nSPS) is 16.2. The summed E-state index contributed by atoms with van der Waals surface area (Å²) in [5, 5.41) is 10.6. The van der Waals surface area contributed by atoms with Crippen LogP contribution in [0.1, 0.15) is 46.5 Å². The van der Waals surface area contributed by atoms with Gasteiger partial charge in [0.25, 0.3) is 0 Å². The van der Waals surface area contributed by atoms with Gasteiger partial charge in [-0.15, -0.1) is 35.3 Å². The number of rotatable bonds is 7. The summed E-state index contributed by atoms with van der Waals surface area (Å²) >= 11 is 1.84. The third-order valence-electron chi connectivity index (χ3n) is 4.21. The standard InChI is InChI=1S/C18H32N4S.HI/c1-4-19-18(20-11-5-7-15(2)3)21-16-9-12-22(13-10-16)17-8-6-14-23-17;/h6,8,14-16H,4-5,7,9-13H2,1-3H3,(H2,19,20,21);1H. The number of aliphatic imine (C=N–C) groups is 1. The van der Waals surface area contributed by atoms with Crippen LogP contribution in [0.25, 0.3) is 0 Å². The fraction of sp³-hybridized carbons (Fsp3) is 0.722. The molecule has 0 bridgehead atoms. The number of hydrogen-bond acceptors (Lipinski definition) is 3. The van der Waals surface area contributed by atoms with E-state index < -0.39 is 0 Å². The lowest BCUT2D eigenvalue weighted by Gasteiger charge is -2.33. The first-order chi connectivity index (χ1) is 11.2. The Morgan fingerprint density at radius 2 is 2.12 bits per heavy atom. The number of piperidine rings is 1. The number of halogens is 1. The molecule has 1 aromatic rings. The van der Waals surface area contributed by atoms with Crippen LogP contribution in [0.2, 0.25) is 0 Å². The highest BCUT2D eigenvalue weighted by Crippen LogP contribution is 2.24. The molecule has 2 heterocycles. The van der Waals surface area contributed by atoms with Crippen molar-refractivity contribution in [1.82, 2.24) is 10.6 Å². The van der Waals surface area contributed by atoms with E-state index in [9.17, 15) is 0 Å². The average molecular weight is 464 g/mol. The summed E-state index contributed by atoms with van der Waals surface area (Å²) in [6.45, 7) is 10.8. The van der Waals surface area contributed by atoms with Crippen molar-refractivity contribution in [3.63, 3.8) is 0 Å². The van der Waals surface area contributed by atoms with Crippen LogP contribution in [0, 0.1) is 5.92 Å². The van der Waals surface area contributed by atoms with Crippen molar-refractivity contribution in [2.75, 3.05) is 31.1 Å². The van der Waals surface area contributed by atoms with Crippen LogP contribution in [-0.4, -0.2) is 38.2 Å². The van der Waals surface area contributed by atoms with Crippen molar-refractivity contribution < 1.29 is 0 Å². The van der Waals surface area contributed by atoms with E-state index in [2.05, 4.69) is 53.8 Å². The molecule has 1 aliphatic heterocycles. The Bertz CT molecular complexity index is 454. The molecule has 0 unspecified atom stereocenters. The van der Waals surface area contributed by atoms with E-state index in [1.165, 1.54) is 30.7 Å². The first-order valence-corrected chi connectivity index (χ1v) is 9.90. The molecule has 0 saturated carbocycles.